The van der Waals surface area contributed by atoms with Gasteiger partial charge in [0.2, 0.25) is 0 Å². The summed E-state index contributed by atoms with van der Waals surface area (Å²) < 4.78 is 0. The number of carbonyl (C=O) groups is 1. The van der Waals surface area contributed by atoms with Crippen LogP contribution >= 0.6 is 0 Å². The quantitative estimate of drug-likeness (QED) is 0.240. The lowest BCUT2D eigenvalue weighted by molar-refractivity contribution is 0.0952. The lowest BCUT2D eigenvalue weighted by Crippen LogP contribution is -2.24. The van der Waals surface area contributed by atoms with E-state index in [2.05, 4.69) is 29.4 Å². The monoisotopic (exact) mass is 372 g/mol. The molecular formula is C24H40N2O. The van der Waals surface area contributed by atoms with Crippen LogP contribution in [0.25, 0.3) is 0 Å². The van der Waals surface area contributed by atoms with Crippen LogP contribution in [0.5, 0.6) is 0 Å². The van der Waals surface area contributed by atoms with Gasteiger partial charge < -0.3 is 5.32 Å². The molecule has 1 aromatic heterocycles. The normalized spacial score (nSPS) is 11.1. The largest absolute Gasteiger partial charge is 0.352 e. The van der Waals surface area contributed by atoms with Crippen LogP contribution in [0.1, 0.15) is 107 Å². The molecule has 0 saturated heterocycles. The van der Waals surface area contributed by atoms with E-state index in [9.17, 15) is 4.79 Å². The van der Waals surface area contributed by atoms with Crippen LogP contribution in [0.2, 0.25) is 0 Å². The summed E-state index contributed by atoms with van der Waals surface area (Å²) in [4.78, 5) is 15.8. The van der Waals surface area contributed by atoms with E-state index in [4.69, 9.17) is 0 Å². The van der Waals surface area contributed by atoms with Gasteiger partial charge in [-0.3, -0.25) is 9.78 Å². The molecule has 0 spiro atoms. The van der Waals surface area contributed by atoms with Crippen molar-refractivity contribution in [3.05, 3.63) is 42.2 Å². The van der Waals surface area contributed by atoms with Crippen molar-refractivity contribution in [2.45, 2.75) is 96.8 Å². The van der Waals surface area contributed by atoms with Crippen LogP contribution in [-0.4, -0.2) is 17.4 Å². The summed E-state index contributed by atoms with van der Waals surface area (Å²) in [6.45, 7) is 3.03. The van der Waals surface area contributed by atoms with E-state index < -0.39 is 0 Å². The topological polar surface area (TPSA) is 42.0 Å². The maximum absolute atomic E-state index is 11.8. The molecule has 0 aromatic carbocycles. The number of carbonyl (C=O) groups excluding carboxylic acids is 1. The molecule has 1 rings (SSSR count). The molecule has 0 radical (unpaired) electrons. The molecule has 3 nitrogen and oxygen atoms in total. The van der Waals surface area contributed by atoms with E-state index >= 15 is 0 Å². The first-order valence-electron chi connectivity index (χ1n) is 11.2. The number of hydrogen-bond donors (Lipinski definition) is 1. The fourth-order valence-corrected chi connectivity index (χ4v) is 3.17. The second-order valence-corrected chi connectivity index (χ2v) is 7.44. The van der Waals surface area contributed by atoms with Crippen molar-refractivity contribution in [1.82, 2.24) is 10.3 Å². The average molecular weight is 373 g/mol. The SMILES string of the molecule is CCCCCCCCC=CCCCCCCCCNC(=O)c1cccnc1. The Labute approximate surface area is 167 Å². The smallest absolute Gasteiger partial charge is 0.252 e. The predicted molar refractivity (Wildman–Crippen MR) is 116 cm³/mol. The number of allylic oxidation sites excluding steroid dienone is 2. The molecule has 0 aliphatic rings. The third-order valence-corrected chi connectivity index (χ3v) is 4.90. The minimum Gasteiger partial charge on any atom is -0.352 e. The van der Waals surface area contributed by atoms with E-state index in [1.165, 1.54) is 83.5 Å². The van der Waals surface area contributed by atoms with E-state index in [0.29, 0.717) is 5.56 Å². The van der Waals surface area contributed by atoms with Gasteiger partial charge in [0.05, 0.1) is 5.56 Å². The number of aromatic nitrogens is 1. The number of amides is 1. The third-order valence-electron chi connectivity index (χ3n) is 4.90. The summed E-state index contributed by atoms with van der Waals surface area (Å²) in [6.07, 6.45) is 26.3. The molecule has 0 bridgehead atoms. The van der Waals surface area contributed by atoms with Crippen molar-refractivity contribution < 1.29 is 4.79 Å². The number of rotatable bonds is 17. The summed E-state index contributed by atoms with van der Waals surface area (Å²) in [5.41, 5.74) is 0.641. The number of unbranched alkanes of at least 4 members (excludes halogenated alkanes) is 12. The Kier molecular flexibility index (Phi) is 15.4. The zero-order valence-electron chi connectivity index (χ0n) is 17.4. The van der Waals surface area contributed by atoms with Gasteiger partial charge in [0.1, 0.15) is 0 Å². The van der Waals surface area contributed by atoms with E-state index in [-0.39, 0.29) is 5.91 Å². The first-order valence-corrected chi connectivity index (χ1v) is 11.2. The fourth-order valence-electron chi connectivity index (χ4n) is 3.17. The predicted octanol–water partition coefficient (Wildman–Crippen LogP) is 6.85. The van der Waals surface area contributed by atoms with Crippen molar-refractivity contribution in [2.75, 3.05) is 6.54 Å². The number of hydrogen-bond acceptors (Lipinski definition) is 2. The molecule has 0 aliphatic heterocycles. The van der Waals surface area contributed by atoms with Crippen LogP contribution in [0.15, 0.2) is 36.7 Å². The fraction of sp³-hybridized carbons (Fsp3) is 0.667. The van der Waals surface area contributed by atoms with E-state index in [0.717, 1.165) is 13.0 Å². The molecule has 0 aliphatic carbocycles. The first kappa shape index (κ1) is 23.4. The summed E-state index contributed by atoms with van der Waals surface area (Å²) in [6, 6.07) is 3.59. The van der Waals surface area contributed by atoms with Gasteiger partial charge in [-0.2, -0.15) is 0 Å². The Bertz CT molecular complexity index is 484. The van der Waals surface area contributed by atoms with Gasteiger partial charge >= 0.3 is 0 Å². The van der Waals surface area contributed by atoms with Crippen molar-refractivity contribution in [2.24, 2.45) is 0 Å². The van der Waals surface area contributed by atoms with Gasteiger partial charge in [0.25, 0.3) is 5.91 Å². The van der Waals surface area contributed by atoms with Gasteiger partial charge in [-0.15, -0.1) is 0 Å². The van der Waals surface area contributed by atoms with Crippen molar-refractivity contribution >= 4 is 5.91 Å². The molecule has 0 saturated carbocycles. The second kappa shape index (κ2) is 17.8. The number of pyridine rings is 1. The molecule has 1 N–H and O–H groups in total. The maximum Gasteiger partial charge on any atom is 0.252 e. The molecule has 1 aromatic rings. The van der Waals surface area contributed by atoms with Gasteiger partial charge in [0.15, 0.2) is 0 Å². The highest BCUT2D eigenvalue weighted by Crippen LogP contribution is 2.09. The van der Waals surface area contributed by atoms with E-state index in [1.807, 2.05) is 0 Å². The summed E-state index contributed by atoms with van der Waals surface area (Å²) in [5, 5.41) is 2.96. The van der Waals surface area contributed by atoms with Crippen LogP contribution in [-0.2, 0) is 0 Å². The highest BCUT2D eigenvalue weighted by atomic mass is 16.1. The molecule has 1 amide bonds. The highest BCUT2D eigenvalue weighted by molar-refractivity contribution is 5.93. The van der Waals surface area contributed by atoms with Crippen LogP contribution < -0.4 is 5.32 Å². The summed E-state index contributed by atoms with van der Waals surface area (Å²) in [7, 11) is 0. The highest BCUT2D eigenvalue weighted by Gasteiger charge is 2.03. The van der Waals surface area contributed by atoms with Gasteiger partial charge in [-0.1, -0.05) is 76.9 Å². The van der Waals surface area contributed by atoms with Crippen molar-refractivity contribution in [1.29, 1.82) is 0 Å². The molecule has 0 unspecified atom stereocenters. The molecule has 27 heavy (non-hydrogen) atoms. The van der Waals surface area contributed by atoms with Gasteiger partial charge in [0, 0.05) is 18.9 Å². The molecular weight excluding hydrogens is 332 g/mol. The molecule has 1 heterocycles. The van der Waals surface area contributed by atoms with Crippen LogP contribution in [0.3, 0.4) is 0 Å². The Balaban J connectivity index is 1.80. The Morgan fingerprint density at radius 2 is 1.48 bits per heavy atom. The minimum atomic E-state index is -0.0177. The summed E-state index contributed by atoms with van der Waals surface area (Å²) >= 11 is 0. The van der Waals surface area contributed by atoms with Crippen LogP contribution in [0, 0.1) is 0 Å². The second-order valence-electron chi connectivity index (χ2n) is 7.44. The van der Waals surface area contributed by atoms with Crippen LogP contribution in [0.4, 0.5) is 0 Å². The Hall–Kier alpha value is -1.64. The third kappa shape index (κ3) is 14.1. The molecule has 3 heteroatoms. The lowest BCUT2D eigenvalue weighted by Gasteiger charge is -2.05. The number of nitrogens with one attached hydrogen (secondary N) is 1. The first-order chi connectivity index (χ1) is 13.3. The number of nitrogens with zero attached hydrogens (tertiary/aromatic N) is 1. The Morgan fingerprint density at radius 1 is 0.889 bits per heavy atom. The lowest BCUT2D eigenvalue weighted by atomic mass is 10.1. The minimum absolute atomic E-state index is 0.0177. The summed E-state index contributed by atoms with van der Waals surface area (Å²) in [5.74, 6) is -0.0177. The molecule has 0 fully saturated rings. The maximum atomic E-state index is 11.8. The zero-order valence-corrected chi connectivity index (χ0v) is 17.4. The molecule has 0 atom stereocenters. The van der Waals surface area contributed by atoms with Crippen molar-refractivity contribution in [3.63, 3.8) is 0 Å². The van der Waals surface area contributed by atoms with E-state index in [1.54, 1.807) is 24.5 Å². The average Bonchev–Trinajstić information content (AvgIpc) is 2.70. The van der Waals surface area contributed by atoms with Gasteiger partial charge in [-0.25, -0.2) is 0 Å². The Morgan fingerprint density at radius 3 is 2.07 bits per heavy atom. The van der Waals surface area contributed by atoms with Crippen molar-refractivity contribution in [3.8, 4) is 0 Å². The standard InChI is InChI=1S/C24H40N2O/c1-2-3-4-5-6-7-8-9-10-11-12-13-14-15-16-17-21-26-24(27)23-19-18-20-25-22-23/h9-10,18-20,22H,2-8,11-17,21H2,1H3,(H,26,27). The molecule has 152 valence electrons. The zero-order chi connectivity index (χ0) is 19.4. The van der Waals surface area contributed by atoms with Gasteiger partial charge in [-0.05, 0) is 44.2 Å².